The molecule has 49 heavy (non-hydrogen) atoms. The van der Waals surface area contributed by atoms with Crippen LogP contribution < -0.4 is 5.32 Å². The van der Waals surface area contributed by atoms with Gasteiger partial charge in [0.15, 0.2) is 6.29 Å². The second kappa shape index (κ2) is 15.1. The number of aromatic nitrogens is 3. The molecule has 8 nitrogen and oxygen atoms in total. The Morgan fingerprint density at radius 1 is 0.796 bits per heavy atom. The van der Waals surface area contributed by atoms with Gasteiger partial charge in [-0.05, 0) is 64.2 Å². The van der Waals surface area contributed by atoms with Gasteiger partial charge < -0.3 is 19.9 Å². The summed E-state index contributed by atoms with van der Waals surface area (Å²) in [6.45, 7) is 2.51. The highest BCUT2D eigenvalue weighted by Crippen LogP contribution is 2.43. The third-order valence-electron chi connectivity index (χ3n) is 8.71. The Bertz CT molecular complexity index is 2040. The van der Waals surface area contributed by atoms with Crippen LogP contribution in [0.1, 0.15) is 52.1 Å². The third-order valence-corrected chi connectivity index (χ3v) is 9.74. The minimum Gasteiger partial charge on any atom is -0.392 e. The lowest BCUT2D eigenvalue weighted by Gasteiger charge is -2.41. The minimum atomic E-state index is -0.585. The highest BCUT2D eigenvalue weighted by molar-refractivity contribution is 7.99. The number of carbonyl (C=O) groups excluding carboxylic acids is 1. The van der Waals surface area contributed by atoms with E-state index in [9.17, 15) is 9.90 Å². The molecule has 2 aromatic heterocycles. The number of hydrogen-bond donors (Lipinski definition) is 2. The van der Waals surface area contributed by atoms with Crippen LogP contribution in [0.4, 0.5) is 0 Å². The molecule has 246 valence electrons. The number of thioether (sulfide) groups is 1. The van der Waals surface area contributed by atoms with Gasteiger partial charge in [-0.2, -0.15) is 0 Å². The molecule has 4 aromatic carbocycles. The van der Waals surface area contributed by atoms with Crippen LogP contribution in [0.5, 0.6) is 0 Å². The van der Waals surface area contributed by atoms with Crippen molar-refractivity contribution in [3.05, 3.63) is 156 Å². The second-order valence-corrected chi connectivity index (χ2v) is 13.1. The van der Waals surface area contributed by atoms with E-state index in [0.29, 0.717) is 12.1 Å². The lowest BCUT2D eigenvalue weighted by atomic mass is 9.91. The highest BCUT2D eigenvalue weighted by atomic mass is 32.2. The van der Waals surface area contributed by atoms with E-state index in [0.717, 1.165) is 49.7 Å². The van der Waals surface area contributed by atoms with Gasteiger partial charge >= 0.3 is 0 Å². The molecule has 0 saturated carbocycles. The first kappa shape index (κ1) is 32.6. The van der Waals surface area contributed by atoms with Gasteiger partial charge in [0.1, 0.15) is 5.69 Å². The van der Waals surface area contributed by atoms with E-state index in [1.165, 1.54) is 6.20 Å². The molecule has 0 bridgehead atoms. The smallest absolute Gasteiger partial charge is 0.271 e. The van der Waals surface area contributed by atoms with E-state index in [1.54, 1.807) is 18.0 Å². The maximum Gasteiger partial charge on any atom is 0.271 e. The van der Waals surface area contributed by atoms with Crippen molar-refractivity contribution in [1.29, 1.82) is 0 Å². The molecule has 9 heteroatoms. The Morgan fingerprint density at radius 2 is 1.57 bits per heavy atom. The maximum absolute atomic E-state index is 12.9. The van der Waals surface area contributed by atoms with Crippen molar-refractivity contribution < 1.29 is 19.4 Å². The van der Waals surface area contributed by atoms with E-state index >= 15 is 0 Å². The van der Waals surface area contributed by atoms with E-state index in [2.05, 4.69) is 51.5 Å². The fourth-order valence-corrected chi connectivity index (χ4v) is 7.00. The van der Waals surface area contributed by atoms with E-state index in [-0.39, 0.29) is 36.3 Å². The number of pyridine rings is 1. The second-order valence-electron chi connectivity index (χ2n) is 12.1. The summed E-state index contributed by atoms with van der Waals surface area (Å²) in [5.74, 6) is 0.521. The van der Waals surface area contributed by atoms with Crippen LogP contribution in [0.2, 0.25) is 0 Å². The van der Waals surface area contributed by atoms with Gasteiger partial charge in [-0.15, -0.1) is 11.8 Å². The molecule has 6 aromatic rings. The number of rotatable bonds is 10. The molecule has 0 aliphatic carbocycles. The quantitative estimate of drug-likeness (QED) is 0.143. The van der Waals surface area contributed by atoms with Crippen LogP contribution >= 0.6 is 11.8 Å². The summed E-state index contributed by atoms with van der Waals surface area (Å²) in [7, 11) is 0. The van der Waals surface area contributed by atoms with Gasteiger partial charge in [-0.1, -0.05) is 85.8 Å². The number of carbonyl (C=O) groups is 1. The number of amides is 1. The first-order valence-corrected chi connectivity index (χ1v) is 17.3. The van der Waals surface area contributed by atoms with Crippen molar-refractivity contribution >= 4 is 28.7 Å². The first-order chi connectivity index (χ1) is 24.0. The fourth-order valence-electron chi connectivity index (χ4n) is 5.98. The number of fused-ring (bicyclic) bond motifs is 1. The summed E-state index contributed by atoms with van der Waals surface area (Å²) >= 11 is 1.68. The molecule has 4 atom stereocenters. The predicted octanol–water partition coefficient (Wildman–Crippen LogP) is 7.70. The molecule has 0 spiro atoms. The topological polar surface area (TPSA) is 106 Å². The number of nitrogens with one attached hydrogen (secondary N) is 1. The molecule has 3 heterocycles. The standard InChI is InChI=1S/C40H36N4O4S/c1-26-36(25-49-37-14-4-5-19-41-37)47-40(48-38(26)29-17-15-27(24-45)16-18-29)32-11-7-10-31(21-32)30-9-6-8-28(20-30)22-43-39(46)35-23-42-33-12-2-3-13-34(33)44-35/h2-21,23,26,36,38,40,45H,22,24-25H2,1H3,(H,43,46)/t26-,36+,38+,40+/m1/s1. The van der Waals surface area contributed by atoms with Gasteiger partial charge in [-0.3, -0.25) is 9.78 Å². The van der Waals surface area contributed by atoms with Crippen LogP contribution in [0.3, 0.4) is 0 Å². The van der Waals surface area contributed by atoms with Crippen LogP contribution in [0, 0.1) is 5.92 Å². The van der Waals surface area contributed by atoms with Crippen molar-refractivity contribution in [2.45, 2.75) is 43.6 Å². The Hall–Kier alpha value is -4.93. The number of benzene rings is 4. The van der Waals surface area contributed by atoms with Gasteiger partial charge in [0.2, 0.25) is 0 Å². The van der Waals surface area contributed by atoms with Crippen LogP contribution in [0.15, 0.2) is 133 Å². The number of hydrogen-bond acceptors (Lipinski definition) is 8. The SMILES string of the molecule is C[C@@H]1[C@H](CSc2ccccn2)O[C@H](c2cccc(-c3cccc(CNC(=O)c4cnc5ccccc5n4)c3)c2)O[C@@H]1c1ccc(CO)cc1. The zero-order valence-corrected chi connectivity index (χ0v) is 27.8. The maximum atomic E-state index is 12.9. The van der Waals surface area contributed by atoms with E-state index < -0.39 is 6.29 Å². The van der Waals surface area contributed by atoms with E-state index in [4.69, 9.17) is 9.47 Å². The average molecular weight is 669 g/mol. The summed E-state index contributed by atoms with van der Waals surface area (Å²) in [5.41, 5.74) is 7.53. The number of ether oxygens (including phenoxy) is 2. The summed E-state index contributed by atoms with van der Waals surface area (Å²) in [4.78, 5) is 26.2. The monoisotopic (exact) mass is 668 g/mol. The molecule has 1 saturated heterocycles. The molecule has 1 aliphatic heterocycles. The summed E-state index contributed by atoms with van der Waals surface area (Å²) < 4.78 is 13.4. The number of nitrogens with zero attached hydrogens (tertiary/aromatic N) is 3. The Balaban J connectivity index is 1.09. The predicted molar refractivity (Wildman–Crippen MR) is 191 cm³/mol. The molecule has 1 aliphatic rings. The average Bonchev–Trinajstić information content (AvgIpc) is 3.17. The van der Waals surface area contributed by atoms with Crippen molar-refractivity contribution in [2.75, 3.05) is 5.75 Å². The molecule has 0 unspecified atom stereocenters. The minimum absolute atomic E-state index is 0.00403. The molecule has 1 fully saturated rings. The Labute approximate surface area is 289 Å². The molecule has 1 amide bonds. The zero-order valence-electron chi connectivity index (χ0n) is 27.0. The zero-order chi connectivity index (χ0) is 33.6. The number of aliphatic hydroxyl groups excluding tert-OH is 1. The molecule has 2 N–H and O–H groups in total. The Kier molecular flexibility index (Phi) is 10.0. The van der Waals surface area contributed by atoms with Crippen LogP contribution in [0.25, 0.3) is 22.2 Å². The van der Waals surface area contributed by atoms with E-state index in [1.807, 2.05) is 91.0 Å². The lowest BCUT2D eigenvalue weighted by molar-refractivity contribution is -0.268. The molecular weight excluding hydrogens is 633 g/mol. The molecular formula is C40H36N4O4S. The van der Waals surface area contributed by atoms with Gasteiger partial charge in [0.25, 0.3) is 5.91 Å². The summed E-state index contributed by atoms with van der Waals surface area (Å²) in [5, 5.41) is 13.5. The van der Waals surface area contributed by atoms with Gasteiger partial charge in [-0.25, -0.2) is 9.97 Å². The number of aliphatic hydroxyl groups is 1. The normalized spacial score (nSPS) is 19.1. The van der Waals surface area contributed by atoms with Crippen molar-refractivity contribution in [1.82, 2.24) is 20.3 Å². The lowest BCUT2D eigenvalue weighted by Crippen LogP contribution is -2.38. The van der Waals surface area contributed by atoms with Crippen LogP contribution in [-0.2, 0) is 22.6 Å². The first-order valence-electron chi connectivity index (χ1n) is 16.3. The van der Waals surface area contributed by atoms with Crippen molar-refractivity contribution in [3.8, 4) is 11.1 Å². The summed E-state index contributed by atoms with van der Waals surface area (Å²) in [6.07, 6.45) is 2.42. The largest absolute Gasteiger partial charge is 0.392 e. The highest BCUT2D eigenvalue weighted by Gasteiger charge is 2.38. The van der Waals surface area contributed by atoms with Crippen molar-refractivity contribution in [2.24, 2.45) is 5.92 Å². The fraction of sp³-hybridized carbons (Fsp3) is 0.200. The van der Waals surface area contributed by atoms with Gasteiger partial charge in [0, 0.05) is 30.0 Å². The molecule has 0 radical (unpaired) electrons. The Morgan fingerprint density at radius 3 is 2.37 bits per heavy atom. The summed E-state index contributed by atoms with van der Waals surface area (Å²) in [6, 6.07) is 37.7. The molecule has 7 rings (SSSR count). The number of para-hydroxylation sites is 2. The third kappa shape index (κ3) is 7.71. The van der Waals surface area contributed by atoms with Crippen LogP contribution in [-0.4, -0.2) is 37.8 Å². The van der Waals surface area contributed by atoms with Crippen molar-refractivity contribution in [3.63, 3.8) is 0 Å². The van der Waals surface area contributed by atoms with Gasteiger partial charge in [0.05, 0.1) is 41.1 Å².